The molecule has 0 aliphatic heterocycles. The van der Waals surface area contributed by atoms with Crippen molar-refractivity contribution in [1.29, 1.82) is 0 Å². The largest absolute Gasteiger partial charge is 0.309 e. The van der Waals surface area contributed by atoms with E-state index < -0.39 is 0 Å². The number of aryl methyl sites for hydroxylation is 2. The summed E-state index contributed by atoms with van der Waals surface area (Å²) in [5.74, 6) is 0. The molecule has 218 valence electrons. The Morgan fingerprint density at radius 3 is 1.93 bits per heavy atom. The fraction of sp³-hybridized carbons (Fsp3) is 0.0455. The van der Waals surface area contributed by atoms with Gasteiger partial charge in [-0.15, -0.1) is 11.3 Å². The predicted molar refractivity (Wildman–Crippen MR) is 199 cm³/mol. The number of aromatic nitrogens is 1. The normalized spacial score (nSPS) is 11.7. The maximum absolute atomic E-state index is 2.45. The first-order valence-electron chi connectivity index (χ1n) is 15.9. The lowest BCUT2D eigenvalue weighted by Gasteiger charge is -2.15. The SMILES string of the molecule is Cc1ccccc1-c1cc(-c2ccc3c(c2)c2ccccc2n3-c2ccc(-c3ccccc3)cc2)c2c(sc3ccccc32)c1C. The zero-order valence-corrected chi connectivity index (χ0v) is 26.6. The minimum absolute atomic E-state index is 1.17. The average molecular weight is 606 g/mol. The van der Waals surface area contributed by atoms with Gasteiger partial charge in [-0.3, -0.25) is 0 Å². The number of hydrogen-bond donors (Lipinski definition) is 0. The van der Waals surface area contributed by atoms with Crippen LogP contribution in [0.25, 0.3) is 81.0 Å². The number of nitrogens with zero attached hydrogens (tertiary/aromatic N) is 1. The molecule has 2 heteroatoms. The van der Waals surface area contributed by atoms with Gasteiger partial charge < -0.3 is 4.57 Å². The van der Waals surface area contributed by atoms with Crippen LogP contribution in [-0.2, 0) is 0 Å². The molecule has 0 amide bonds. The molecule has 0 bridgehead atoms. The first-order valence-corrected chi connectivity index (χ1v) is 16.7. The second-order valence-electron chi connectivity index (χ2n) is 12.2. The van der Waals surface area contributed by atoms with Crippen molar-refractivity contribution in [3.63, 3.8) is 0 Å². The van der Waals surface area contributed by atoms with Crippen LogP contribution < -0.4 is 0 Å². The Morgan fingerprint density at radius 1 is 0.457 bits per heavy atom. The van der Waals surface area contributed by atoms with E-state index in [2.05, 4.69) is 170 Å². The van der Waals surface area contributed by atoms with Crippen LogP contribution in [0.1, 0.15) is 11.1 Å². The third-order valence-electron chi connectivity index (χ3n) is 9.55. The average Bonchev–Trinajstić information content (AvgIpc) is 3.66. The molecule has 9 aromatic rings. The first-order chi connectivity index (χ1) is 22.7. The van der Waals surface area contributed by atoms with Crippen molar-refractivity contribution in [1.82, 2.24) is 4.57 Å². The lowest BCUT2D eigenvalue weighted by atomic mass is 9.89. The van der Waals surface area contributed by atoms with Crippen molar-refractivity contribution in [2.45, 2.75) is 13.8 Å². The molecule has 46 heavy (non-hydrogen) atoms. The second kappa shape index (κ2) is 10.6. The second-order valence-corrected chi connectivity index (χ2v) is 13.3. The maximum Gasteiger partial charge on any atom is 0.0541 e. The zero-order valence-electron chi connectivity index (χ0n) is 25.8. The van der Waals surface area contributed by atoms with Crippen molar-refractivity contribution >= 4 is 53.3 Å². The van der Waals surface area contributed by atoms with Crippen LogP contribution in [0.15, 0.2) is 152 Å². The van der Waals surface area contributed by atoms with Gasteiger partial charge in [0, 0.05) is 36.6 Å². The summed E-state index contributed by atoms with van der Waals surface area (Å²) in [4.78, 5) is 0. The van der Waals surface area contributed by atoms with E-state index in [0.717, 1.165) is 0 Å². The molecule has 0 atom stereocenters. The van der Waals surface area contributed by atoms with Gasteiger partial charge >= 0.3 is 0 Å². The summed E-state index contributed by atoms with van der Waals surface area (Å²) in [6.07, 6.45) is 0. The van der Waals surface area contributed by atoms with Crippen LogP contribution in [0.5, 0.6) is 0 Å². The van der Waals surface area contributed by atoms with Gasteiger partial charge in [-0.25, -0.2) is 0 Å². The Labute approximate surface area is 272 Å². The number of rotatable bonds is 4. The van der Waals surface area contributed by atoms with E-state index in [0.29, 0.717) is 0 Å². The lowest BCUT2D eigenvalue weighted by molar-refractivity contribution is 1.18. The van der Waals surface area contributed by atoms with E-state index in [-0.39, 0.29) is 0 Å². The summed E-state index contributed by atoms with van der Waals surface area (Å²) in [5.41, 5.74) is 13.9. The standard InChI is InChI=1S/C44H31NS/c1-28-12-6-7-15-34(28)37-27-38(43-36-17-9-11-19-42(36)46-44(43)29(37)2)32-22-25-41-39(26-32)35-16-8-10-18-40(35)45(41)33-23-20-31(21-24-33)30-13-4-3-5-14-30/h3-27H,1-2H3. The molecular weight excluding hydrogens is 575 g/mol. The quantitative estimate of drug-likeness (QED) is 0.188. The van der Waals surface area contributed by atoms with Crippen LogP contribution in [0.4, 0.5) is 0 Å². The molecule has 0 saturated heterocycles. The van der Waals surface area contributed by atoms with E-state index >= 15 is 0 Å². The van der Waals surface area contributed by atoms with Gasteiger partial charge in [0.1, 0.15) is 0 Å². The Balaban J connectivity index is 1.29. The molecule has 0 aliphatic rings. The number of thiophene rings is 1. The Morgan fingerprint density at radius 2 is 1.11 bits per heavy atom. The maximum atomic E-state index is 2.45. The Hall–Kier alpha value is -5.44. The van der Waals surface area contributed by atoms with Gasteiger partial charge in [0.05, 0.1) is 11.0 Å². The molecule has 0 unspecified atom stereocenters. The van der Waals surface area contributed by atoms with Crippen molar-refractivity contribution in [2.75, 3.05) is 0 Å². The molecule has 0 fully saturated rings. The van der Waals surface area contributed by atoms with E-state index in [4.69, 9.17) is 0 Å². The molecule has 0 radical (unpaired) electrons. The molecular formula is C44H31NS. The number of fused-ring (bicyclic) bond motifs is 6. The van der Waals surface area contributed by atoms with Gasteiger partial charge in [0.25, 0.3) is 0 Å². The highest BCUT2D eigenvalue weighted by molar-refractivity contribution is 7.26. The smallest absolute Gasteiger partial charge is 0.0541 e. The van der Waals surface area contributed by atoms with Gasteiger partial charge in [-0.05, 0) is 101 Å². The monoisotopic (exact) mass is 605 g/mol. The first kappa shape index (κ1) is 26.9. The van der Waals surface area contributed by atoms with Gasteiger partial charge in [-0.2, -0.15) is 0 Å². The Bertz CT molecular complexity index is 2580. The van der Waals surface area contributed by atoms with Crippen molar-refractivity contribution in [3.05, 3.63) is 163 Å². The van der Waals surface area contributed by atoms with Crippen LogP contribution in [0, 0.1) is 13.8 Å². The summed E-state index contributed by atoms with van der Waals surface area (Å²) < 4.78 is 5.12. The van der Waals surface area contributed by atoms with E-state index in [1.807, 2.05) is 11.3 Å². The number of benzene rings is 7. The molecule has 0 aliphatic carbocycles. The molecule has 1 nitrogen and oxygen atoms in total. The molecule has 0 spiro atoms. The van der Waals surface area contributed by atoms with Gasteiger partial charge in [-0.1, -0.05) is 109 Å². The number of hydrogen-bond acceptors (Lipinski definition) is 1. The molecule has 7 aromatic carbocycles. The van der Waals surface area contributed by atoms with E-state index in [1.165, 1.54) is 92.2 Å². The predicted octanol–water partition coefficient (Wildman–Crippen LogP) is 12.8. The minimum atomic E-state index is 1.17. The van der Waals surface area contributed by atoms with Crippen LogP contribution in [0.3, 0.4) is 0 Å². The highest BCUT2D eigenvalue weighted by Crippen LogP contribution is 2.46. The third-order valence-corrected chi connectivity index (χ3v) is 10.8. The highest BCUT2D eigenvalue weighted by Gasteiger charge is 2.19. The molecule has 0 N–H and O–H groups in total. The summed E-state index contributed by atoms with van der Waals surface area (Å²) in [5, 5.41) is 5.23. The molecule has 0 saturated carbocycles. The van der Waals surface area contributed by atoms with Crippen molar-refractivity contribution in [2.24, 2.45) is 0 Å². The fourth-order valence-corrected chi connectivity index (χ4v) is 8.49. The highest BCUT2D eigenvalue weighted by atomic mass is 32.1. The van der Waals surface area contributed by atoms with Crippen molar-refractivity contribution < 1.29 is 0 Å². The van der Waals surface area contributed by atoms with E-state index in [1.54, 1.807) is 0 Å². The topological polar surface area (TPSA) is 4.93 Å². The van der Waals surface area contributed by atoms with Crippen LogP contribution in [-0.4, -0.2) is 4.57 Å². The summed E-state index contributed by atoms with van der Waals surface area (Å²) in [7, 11) is 0. The third kappa shape index (κ3) is 4.14. The van der Waals surface area contributed by atoms with Crippen LogP contribution >= 0.6 is 11.3 Å². The van der Waals surface area contributed by atoms with E-state index in [9.17, 15) is 0 Å². The summed E-state index contributed by atoms with van der Waals surface area (Å²) in [6, 6.07) is 55.5. The zero-order chi connectivity index (χ0) is 30.8. The number of para-hydroxylation sites is 1. The molecule has 9 rings (SSSR count). The Kier molecular flexibility index (Phi) is 6.19. The van der Waals surface area contributed by atoms with Crippen LogP contribution in [0.2, 0.25) is 0 Å². The molecule has 2 heterocycles. The fourth-order valence-electron chi connectivity index (χ4n) is 7.26. The molecule has 2 aromatic heterocycles. The summed E-state index contributed by atoms with van der Waals surface area (Å²) in [6.45, 7) is 4.51. The van der Waals surface area contributed by atoms with Gasteiger partial charge in [0.15, 0.2) is 0 Å². The summed E-state index contributed by atoms with van der Waals surface area (Å²) >= 11 is 1.91. The van der Waals surface area contributed by atoms with Crippen molar-refractivity contribution in [3.8, 4) is 39.1 Å². The lowest BCUT2D eigenvalue weighted by Crippen LogP contribution is -1.94. The van der Waals surface area contributed by atoms with Gasteiger partial charge in [0.2, 0.25) is 0 Å². The minimum Gasteiger partial charge on any atom is -0.309 e.